The Morgan fingerprint density at radius 3 is 1.00 bits per heavy atom. The molecular formula is C3H9FeOSi. The van der Waals surface area contributed by atoms with E-state index in [2.05, 4.69) is 19.6 Å². The van der Waals surface area contributed by atoms with Gasteiger partial charge in [0, 0.05) is 8.80 Å². The van der Waals surface area contributed by atoms with Crippen molar-refractivity contribution >= 4 is 8.80 Å². The van der Waals surface area contributed by atoms with Crippen molar-refractivity contribution < 1.29 is 22.5 Å². The van der Waals surface area contributed by atoms with Gasteiger partial charge in [-0.3, -0.25) is 0 Å². The maximum Gasteiger partial charge on any atom is 2.00 e. The summed E-state index contributed by atoms with van der Waals surface area (Å²) in [7, 11) is 0.120. The van der Waals surface area contributed by atoms with Gasteiger partial charge in [0.05, 0.1) is 0 Å². The van der Waals surface area contributed by atoms with Crippen molar-refractivity contribution in [2.24, 2.45) is 0 Å². The van der Waals surface area contributed by atoms with Crippen molar-refractivity contribution in [2.45, 2.75) is 19.6 Å². The van der Waals surface area contributed by atoms with E-state index in [9.17, 15) is 0 Å². The molecule has 39 valence electrons. The van der Waals surface area contributed by atoms with E-state index in [1.165, 1.54) is 0 Å². The van der Waals surface area contributed by atoms with E-state index < -0.39 is 0 Å². The van der Waals surface area contributed by atoms with Crippen LogP contribution in [0.1, 0.15) is 0 Å². The van der Waals surface area contributed by atoms with Gasteiger partial charge >= 0.3 is 17.1 Å². The van der Waals surface area contributed by atoms with E-state index in [4.69, 9.17) is 0 Å². The second kappa shape index (κ2) is 9.20. The topological polar surface area (TPSA) is 28.5 Å². The van der Waals surface area contributed by atoms with E-state index in [0.29, 0.717) is 0 Å². The summed E-state index contributed by atoms with van der Waals surface area (Å²) in [5, 5.41) is 0. The Labute approximate surface area is 51.5 Å². The van der Waals surface area contributed by atoms with Gasteiger partial charge in [-0.15, -0.1) is 0 Å². The zero-order valence-corrected chi connectivity index (χ0v) is 6.37. The molecule has 0 bridgehead atoms. The standard InChI is InChI=1S/C3H9Si.Fe.O/c1-4(2)3;;/h1-3H3;;/q;+2;-2. The predicted octanol–water partition coefficient (Wildman–Crippen LogP) is 1.25. The largest absolute Gasteiger partial charge is 2.00 e. The van der Waals surface area contributed by atoms with Crippen molar-refractivity contribution in [3.05, 3.63) is 0 Å². The normalized spacial score (nSPS) is 6.00. The first kappa shape index (κ1) is 15.9. The molecule has 0 heterocycles. The zero-order chi connectivity index (χ0) is 3.58. The van der Waals surface area contributed by atoms with Gasteiger partial charge in [-0.25, -0.2) is 0 Å². The minimum Gasteiger partial charge on any atom is -2.00 e. The molecule has 6 heavy (non-hydrogen) atoms. The molecule has 0 atom stereocenters. The van der Waals surface area contributed by atoms with Crippen LogP contribution in [-0.2, 0) is 22.5 Å². The van der Waals surface area contributed by atoms with Crippen LogP contribution in [0.25, 0.3) is 0 Å². The molecule has 3 heteroatoms. The Hall–Kier alpha value is 0.696. The third kappa shape index (κ3) is 132. The Balaban J connectivity index is -0.0000000450. The molecule has 0 aromatic carbocycles. The van der Waals surface area contributed by atoms with Crippen LogP contribution in [-0.4, -0.2) is 8.80 Å². The van der Waals surface area contributed by atoms with Crippen LogP contribution in [0.2, 0.25) is 19.6 Å². The first-order chi connectivity index (χ1) is 1.73. The van der Waals surface area contributed by atoms with Crippen LogP contribution in [0, 0.1) is 0 Å². The molecule has 1 nitrogen and oxygen atoms in total. The van der Waals surface area contributed by atoms with Gasteiger partial charge in [0.1, 0.15) is 0 Å². The van der Waals surface area contributed by atoms with Crippen LogP contribution in [0.15, 0.2) is 0 Å². The quantitative estimate of drug-likeness (QED) is 0.459. The smallest absolute Gasteiger partial charge is 2.00 e. The fourth-order valence-electron chi connectivity index (χ4n) is 0. The summed E-state index contributed by atoms with van der Waals surface area (Å²) in [6.45, 7) is 6.81. The van der Waals surface area contributed by atoms with Crippen molar-refractivity contribution in [3.8, 4) is 0 Å². The minimum absolute atomic E-state index is 0. The minimum atomic E-state index is 0. The molecule has 0 amide bonds. The molecule has 0 aliphatic heterocycles. The van der Waals surface area contributed by atoms with Crippen LogP contribution >= 0.6 is 0 Å². The second-order valence-electron chi connectivity index (χ2n) is 1.50. The van der Waals surface area contributed by atoms with Crippen molar-refractivity contribution in [3.63, 3.8) is 0 Å². The molecule has 0 rings (SSSR count). The van der Waals surface area contributed by atoms with Crippen LogP contribution in [0.4, 0.5) is 0 Å². The van der Waals surface area contributed by atoms with E-state index in [0.717, 1.165) is 0 Å². The molecule has 0 unspecified atom stereocenters. The molecule has 0 saturated heterocycles. The van der Waals surface area contributed by atoms with E-state index in [1.807, 2.05) is 0 Å². The van der Waals surface area contributed by atoms with E-state index >= 15 is 0 Å². The van der Waals surface area contributed by atoms with Gasteiger partial charge in [0.15, 0.2) is 0 Å². The Bertz CT molecular complexity index is 15.5. The predicted molar refractivity (Wildman–Crippen MR) is 24.0 cm³/mol. The first-order valence-electron chi connectivity index (χ1n) is 1.50. The molecule has 0 aliphatic rings. The fourth-order valence-corrected chi connectivity index (χ4v) is 0. The van der Waals surface area contributed by atoms with E-state index in [1.54, 1.807) is 0 Å². The first-order valence-corrected chi connectivity index (χ1v) is 4.50. The summed E-state index contributed by atoms with van der Waals surface area (Å²) >= 11 is 0. The Morgan fingerprint density at radius 1 is 1.00 bits per heavy atom. The molecule has 1 radical (unpaired) electrons. The number of hydrogen-bond acceptors (Lipinski definition) is 0. The molecule has 0 aromatic heterocycles. The van der Waals surface area contributed by atoms with Crippen LogP contribution < -0.4 is 0 Å². The van der Waals surface area contributed by atoms with Gasteiger partial charge in [-0.2, -0.15) is 0 Å². The average Bonchev–Trinajstić information content (AvgIpc) is 0.811. The van der Waals surface area contributed by atoms with Gasteiger partial charge in [-0.1, -0.05) is 19.6 Å². The summed E-state index contributed by atoms with van der Waals surface area (Å²) in [6, 6.07) is 0. The summed E-state index contributed by atoms with van der Waals surface area (Å²) in [4.78, 5) is 0. The SMILES string of the molecule is C[Si](C)C.[Fe+2].[O-2]. The summed E-state index contributed by atoms with van der Waals surface area (Å²) < 4.78 is 0. The van der Waals surface area contributed by atoms with Gasteiger partial charge in [0.25, 0.3) is 0 Å². The zero-order valence-electron chi connectivity index (χ0n) is 4.26. The third-order valence-corrected chi connectivity index (χ3v) is 0. The number of hydrogen-bond donors (Lipinski definition) is 0. The van der Waals surface area contributed by atoms with E-state index in [-0.39, 0.29) is 31.3 Å². The van der Waals surface area contributed by atoms with Crippen molar-refractivity contribution in [1.82, 2.24) is 0 Å². The summed E-state index contributed by atoms with van der Waals surface area (Å²) in [5.74, 6) is 0. The van der Waals surface area contributed by atoms with Crippen molar-refractivity contribution in [2.75, 3.05) is 0 Å². The van der Waals surface area contributed by atoms with Gasteiger partial charge in [-0.05, 0) is 0 Å². The maximum absolute atomic E-state index is 2.27. The van der Waals surface area contributed by atoms with Crippen molar-refractivity contribution in [1.29, 1.82) is 0 Å². The fraction of sp³-hybridized carbons (Fsp3) is 1.00. The Morgan fingerprint density at radius 2 is 1.00 bits per heavy atom. The summed E-state index contributed by atoms with van der Waals surface area (Å²) in [6.07, 6.45) is 0. The Kier molecular flexibility index (Phi) is 24.4. The molecular weight excluding hydrogens is 136 g/mol. The molecule has 0 fully saturated rings. The molecule has 0 saturated carbocycles. The molecule has 0 N–H and O–H groups in total. The van der Waals surface area contributed by atoms with Gasteiger partial charge in [0.2, 0.25) is 0 Å². The van der Waals surface area contributed by atoms with Crippen LogP contribution in [0.3, 0.4) is 0 Å². The maximum atomic E-state index is 2.27. The monoisotopic (exact) mass is 145 g/mol. The number of rotatable bonds is 0. The third-order valence-electron chi connectivity index (χ3n) is 0. The molecule has 0 aliphatic carbocycles. The molecule has 0 spiro atoms. The van der Waals surface area contributed by atoms with Crippen LogP contribution in [0.5, 0.6) is 0 Å². The van der Waals surface area contributed by atoms with Gasteiger partial charge < -0.3 is 5.48 Å². The summed E-state index contributed by atoms with van der Waals surface area (Å²) in [5.41, 5.74) is 0. The average molecular weight is 145 g/mol. The molecule has 0 aromatic rings. The second-order valence-corrected chi connectivity index (χ2v) is 4.50.